The lowest BCUT2D eigenvalue weighted by molar-refractivity contribution is 0.122. The van der Waals surface area contributed by atoms with Crippen LogP contribution in [0.4, 0.5) is 8.78 Å². The van der Waals surface area contributed by atoms with Gasteiger partial charge in [-0.1, -0.05) is 25.0 Å². The second-order valence-corrected chi connectivity index (χ2v) is 5.92. The predicted octanol–water partition coefficient (Wildman–Crippen LogP) is 3.10. The van der Waals surface area contributed by atoms with E-state index in [4.69, 9.17) is 0 Å². The number of nitrogens with one attached hydrogen (secondary N) is 1. The molecular formula is C16H22F2N2. The maximum atomic E-state index is 14.2. The average molecular weight is 280 g/mol. The van der Waals surface area contributed by atoms with Crippen LogP contribution >= 0.6 is 0 Å². The molecule has 1 heterocycles. The molecule has 1 aliphatic heterocycles. The summed E-state index contributed by atoms with van der Waals surface area (Å²) in [6.45, 7) is 3.69. The molecule has 2 fully saturated rings. The summed E-state index contributed by atoms with van der Waals surface area (Å²) in [6, 6.07) is 4.65. The first-order chi connectivity index (χ1) is 9.77. The minimum atomic E-state index is -0.722. The molecule has 3 rings (SSSR count). The molecule has 1 N–H and O–H groups in total. The molecule has 1 saturated carbocycles. The Kier molecular flexibility index (Phi) is 4.32. The van der Waals surface area contributed by atoms with Crippen molar-refractivity contribution in [1.82, 2.24) is 10.2 Å². The number of hydrogen-bond acceptors (Lipinski definition) is 2. The standard InChI is InChI=1S/C16H22F2N2/c17-14-7-3-6-13(15(14)18)16(12-4-1-2-5-12)20-10-8-19-9-11-20/h3,6-7,12,16,19H,1-2,4-5,8-11H2/t16-/m1/s1. The molecular weight excluding hydrogens is 258 g/mol. The first-order valence-corrected chi connectivity index (χ1v) is 7.66. The molecule has 2 nitrogen and oxygen atoms in total. The number of halogens is 2. The zero-order valence-electron chi connectivity index (χ0n) is 11.7. The Labute approximate surface area is 119 Å². The minimum absolute atomic E-state index is 0.0373. The highest BCUT2D eigenvalue weighted by atomic mass is 19.2. The summed E-state index contributed by atoms with van der Waals surface area (Å²) in [7, 11) is 0. The zero-order valence-corrected chi connectivity index (χ0v) is 11.7. The third-order valence-electron chi connectivity index (χ3n) is 4.69. The van der Waals surface area contributed by atoms with Crippen LogP contribution in [0.15, 0.2) is 18.2 Å². The van der Waals surface area contributed by atoms with Crippen LogP contribution in [0.5, 0.6) is 0 Å². The summed E-state index contributed by atoms with van der Waals surface area (Å²) >= 11 is 0. The fourth-order valence-corrected chi connectivity index (χ4v) is 3.73. The third-order valence-corrected chi connectivity index (χ3v) is 4.69. The first-order valence-electron chi connectivity index (χ1n) is 7.66. The third kappa shape index (κ3) is 2.72. The van der Waals surface area contributed by atoms with E-state index >= 15 is 0 Å². The second-order valence-electron chi connectivity index (χ2n) is 5.92. The molecule has 2 aliphatic rings. The van der Waals surface area contributed by atoms with Gasteiger partial charge in [-0.2, -0.15) is 0 Å². The molecule has 20 heavy (non-hydrogen) atoms. The van der Waals surface area contributed by atoms with Crippen LogP contribution in [0.1, 0.15) is 37.3 Å². The lowest BCUT2D eigenvalue weighted by Gasteiger charge is -2.38. The van der Waals surface area contributed by atoms with E-state index in [9.17, 15) is 8.78 Å². The minimum Gasteiger partial charge on any atom is -0.314 e. The van der Waals surface area contributed by atoms with Crippen LogP contribution in [0, 0.1) is 17.6 Å². The zero-order chi connectivity index (χ0) is 13.9. The highest BCUT2D eigenvalue weighted by Crippen LogP contribution is 2.40. The van der Waals surface area contributed by atoms with Gasteiger partial charge in [0, 0.05) is 37.8 Å². The molecule has 0 unspecified atom stereocenters. The molecule has 0 bridgehead atoms. The smallest absolute Gasteiger partial charge is 0.163 e. The lowest BCUT2D eigenvalue weighted by atomic mass is 9.89. The van der Waals surface area contributed by atoms with E-state index in [-0.39, 0.29) is 6.04 Å². The fourth-order valence-electron chi connectivity index (χ4n) is 3.73. The van der Waals surface area contributed by atoms with Gasteiger partial charge in [-0.15, -0.1) is 0 Å². The van der Waals surface area contributed by atoms with E-state index < -0.39 is 11.6 Å². The average Bonchev–Trinajstić information content (AvgIpc) is 2.99. The van der Waals surface area contributed by atoms with Crippen LogP contribution in [-0.4, -0.2) is 31.1 Å². The van der Waals surface area contributed by atoms with Gasteiger partial charge in [-0.3, -0.25) is 4.90 Å². The van der Waals surface area contributed by atoms with Crippen LogP contribution in [0.25, 0.3) is 0 Å². The van der Waals surface area contributed by atoms with Gasteiger partial charge >= 0.3 is 0 Å². The van der Waals surface area contributed by atoms with Crippen molar-refractivity contribution in [2.45, 2.75) is 31.7 Å². The maximum Gasteiger partial charge on any atom is 0.163 e. The maximum absolute atomic E-state index is 14.2. The van der Waals surface area contributed by atoms with Gasteiger partial charge in [0.25, 0.3) is 0 Å². The van der Waals surface area contributed by atoms with Gasteiger partial charge in [0.1, 0.15) is 0 Å². The van der Waals surface area contributed by atoms with Crippen molar-refractivity contribution >= 4 is 0 Å². The van der Waals surface area contributed by atoms with Crippen molar-refractivity contribution < 1.29 is 8.78 Å². The van der Waals surface area contributed by atoms with Crippen LogP contribution in [-0.2, 0) is 0 Å². The number of rotatable bonds is 3. The Hall–Kier alpha value is -1.00. The molecule has 1 saturated heterocycles. The quantitative estimate of drug-likeness (QED) is 0.915. The molecule has 1 atom stereocenters. The molecule has 1 aromatic carbocycles. The van der Waals surface area contributed by atoms with Crippen LogP contribution in [0.2, 0.25) is 0 Å². The van der Waals surface area contributed by atoms with Gasteiger partial charge in [-0.05, 0) is 24.8 Å². The van der Waals surface area contributed by atoms with Crippen LogP contribution in [0.3, 0.4) is 0 Å². The molecule has 0 amide bonds. The second kappa shape index (κ2) is 6.19. The SMILES string of the molecule is Fc1cccc([C@@H](C2CCCC2)N2CCNCC2)c1F. The van der Waals surface area contributed by atoms with Crippen molar-refractivity contribution in [3.63, 3.8) is 0 Å². The van der Waals surface area contributed by atoms with Crippen molar-refractivity contribution in [2.75, 3.05) is 26.2 Å². The molecule has 4 heteroatoms. The fraction of sp³-hybridized carbons (Fsp3) is 0.625. The molecule has 110 valence electrons. The van der Waals surface area contributed by atoms with Gasteiger partial charge in [-0.25, -0.2) is 8.78 Å². The molecule has 0 radical (unpaired) electrons. The molecule has 1 aromatic rings. The summed E-state index contributed by atoms with van der Waals surface area (Å²) in [5.41, 5.74) is 0.554. The number of hydrogen-bond donors (Lipinski definition) is 1. The van der Waals surface area contributed by atoms with Crippen molar-refractivity contribution in [3.05, 3.63) is 35.4 Å². The summed E-state index contributed by atoms with van der Waals surface area (Å²) < 4.78 is 27.8. The monoisotopic (exact) mass is 280 g/mol. The van der Waals surface area contributed by atoms with E-state index in [2.05, 4.69) is 10.2 Å². The van der Waals surface area contributed by atoms with Crippen LogP contribution < -0.4 is 5.32 Å². The first kappa shape index (κ1) is 14.0. The largest absolute Gasteiger partial charge is 0.314 e. The highest BCUT2D eigenvalue weighted by molar-refractivity contribution is 5.24. The van der Waals surface area contributed by atoms with Crippen molar-refractivity contribution in [3.8, 4) is 0 Å². The summed E-state index contributed by atoms with van der Waals surface area (Å²) in [6.07, 6.45) is 4.68. The molecule has 0 spiro atoms. The molecule has 1 aliphatic carbocycles. The predicted molar refractivity (Wildman–Crippen MR) is 75.5 cm³/mol. The number of piperazine rings is 1. The number of benzene rings is 1. The Balaban J connectivity index is 1.93. The summed E-state index contributed by atoms with van der Waals surface area (Å²) in [4.78, 5) is 2.34. The van der Waals surface area contributed by atoms with Gasteiger partial charge in [0.2, 0.25) is 0 Å². The molecule has 0 aromatic heterocycles. The van der Waals surface area contributed by atoms with Gasteiger partial charge < -0.3 is 5.32 Å². The summed E-state index contributed by atoms with van der Waals surface area (Å²) in [5, 5.41) is 3.33. The van der Waals surface area contributed by atoms with Gasteiger partial charge in [0.05, 0.1) is 0 Å². The van der Waals surface area contributed by atoms with Crippen molar-refractivity contribution in [1.29, 1.82) is 0 Å². The normalized spacial score (nSPS) is 23.1. The van der Waals surface area contributed by atoms with E-state index in [0.29, 0.717) is 11.5 Å². The Bertz CT molecular complexity index is 452. The Morgan fingerprint density at radius 2 is 1.80 bits per heavy atom. The van der Waals surface area contributed by atoms with Crippen molar-refractivity contribution in [2.24, 2.45) is 5.92 Å². The Morgan fingerprint density at radius 1 is 1.10 bits per heavy atom. The van der Waals surface area contributed by atoms with E-state index in [1.54, 1.807) is 12.1 Å². The van der Waals surface area contributed by atoms with E-state index in [0.717, 1.165) is 39.0 Å². The van der Waals surface area contributed by atoms with E-state index in [1.807, 2.05) is 0 Å². The number of nitrogens with zero attached hydrogens (tertiary/aromatic N) is 1. The van der Waals surface area contributed by atoms with E-state index in [1.165, 1.54) is 18.9 Å². The Morgan fingerprint density at radius 3 is 2.50 bits per heavy atom. The lowest BCUT2D eigenvalue weighted by Crippen LogP contribution is -2.47. The van der Waals surface area contributed by atoms with Gasteiger partial charge in [0.15, 0.2) is 11.6 Å². The highest BCUT2D eigenvalue weighted by Gasteiger charge is 2.33. The topological polar surface area (TPSA) is 15.3 Å². The summed E-state index contributed by atoms with van der Waals surface area (Å²) in [5.74, 6) is -0.909.